The molecule has 1 aliphatic heterocycles. The molecule has 3 aliphatic rings. The van der Waals surface area contributed by atoms with Crippen LogP contribution < -0.4 is 0 Å². The Morgan fingerprint density at radius 1 is 1.09 bits per heavy atom. The Hall–Kier alpha value is -2.71. The SMILES string of the molecule is O=C(O)[C@H]1CN(C2c3ccc(Cl)cc3CCc3cc(F)cnc32)CCN1C(=O)OC1CCCCC1. The van der Waals surface area contributed by atoms with E-state index in [1.54, 1.807) is 0 Å². The number of carbonyl (C=O) groups is 2. The lowest BCUT2D eigenvalue weighted by Gasteiger charge is -2.43. The van der Waals surface area contributed by atoms with Crippen LogP contribution in [0.5, 0.6) is 0 Å². The third-order valence-corrected chi connectivity index (χ3v) is 7.64. The highest BCUT2D eigenvalue weighted by atomic mass is 35.5. The topological polar surface area (TPSA) is 83.0 Å². The molecule has 0 radical (unpaired) electrons. The van der Waals surface area contributed by atoms with Gasteiger partial charge in [0.1, 0.15) is 18.0 Å². The van der Waals surface area contributed by atoms with Gasteiger partial charge in [-0.3, -0.25) is 14.8 Å². The van der Waals surface area contributed by atoms with Gasteiger partial charge in [-0.15, -0.1) is 0 Å². The summed E-state index contributed by atoms with van der Waals surface area (Å²) in [5.74, 6) is -1.47. The molecule has 7 nitrogen and oxygen atoms in total. The summed E-state index contributed by atoms with van der Waals surface area (Å²) in [4.78, 5) is 33.1. The Morgan fingerprint density at radius 2 is 1.86 bits per heavy atom. The number of carboxylic acids is 1. The highest BCUT2D eigenvalue weighted by Gasteiger charge is 2.41. The van der Waals surface area contributed by atoms with E-state index in [4.69, 9.17) is 16.3 Å². The lowest BCUT2D eigenvalue weighted by atomic mass is 9.95. The van der Waals surface area contributed by atoms with Crippen molar-refractivity contribution in [1.29, 1.82) is 0 Å². The van der Waals surface area contributed by atoms with Crippen LogP contribution in [0, 0.1) is 5.82 Å². The largest absolute Gasteiger partial charge is 0.480 e. The summed E-state index contributed by atoms with van der Waals surface area (Å²) >= 11 is 6.27. The number of rotatable bonds is 3. The minimum absolute atomic E-state index is 0.111. The number of carbonyl (C=O) groups excluding carboxylic acids is 1. The van der Waals surface area contributed by atoms with Gasteiger partial charge in [0.25, 0.3) is 0 Å². The first-order valence-electron chi connectivity index (χ1n) is 12.3. The molecule has 1 N–H and O–H groups in total. The number of ether oxygens (including phenoxy) is 1. The molecular weight excluding hydrogens is 473 g/mol. The van der Waals surface area contributed by atoms with E-state index in [-0.39, 0.29) is 25.2 Å². The number of nitrogens with zero attached hydrogens (tertiary/aromatic N) is 3. The van der Waals surface area contributed by atoms with Crippen LogP contribution >= 0.6 is 11.6 Å². The third kappa shape index (κ3) is 5.00. The predicted octanol–water partition coefficient (Wildman–Crippen LogP) is 4.60. The first kappa shape index (κ1) is 24.0. The molecule has 9 heteroatoms. The summed E-state index contributed by atoms with van der Waals surface area (Å²) in [6.07, 6.45) is 6.62. The molecule has 1 amide bonds. The van der Waals surface area contributed by atoms with E-state index in [2.05, 4.69) is 4.98 Å². The van der Waals surface area contributed by atoms with Crippen molar-refractivity contribution < 1.29 is 23.8 Å². The van der Waals surface area contributed by atoms with Crippen molar-refractivity contribution in [3.63, 3.8) is 0 Å². The van der Waals surface area contributed by atoms with Gasteiger partial charge >= 0.3 is 12.1 Å². The monoisotopic (exact) mass is 501 g/mol. The molecule has 0 spiro atoms. The summed E-state index contributed by atoms with van der Waals surface area (Å²) in [6, 6.07) is 5.77. The molecule has 2 heterocycles. The van der Waals surface area contributed by atoms with Crippen molar-refractivity contribution in [2.24, 2.45) is 0 Å². The zero-order chi connectivity index (χ0) is 24.5. The standard InChI is InChI=1S/C26H29ClFN3O4/c27-18-8-9-21-16(12-18)6-7-17-13-19(28)14-29-23(17)24(21)30-10-11-31(22(15-30)25(32)33)26(34)35-20-4-2-1-3-5-20/h8-9,12-14,20,22,24H,1-7,10-11,15H2,(H,32,33)/t22-,24?/m1/s1. The zero-order valence-corrected chi connectivity index (χ0v) is 20.2. The molecule has 1 aromatic heterocycles. The minimum atomic E-state index is -1.08. The molecule has 1 saturated heterocycles. The molecule has 5 rings (SSSR count). The van der Waals surface area contributed by atoms with E-state index in [0.717, 1.165) is 54.5 Å². The van der Waals surface area contributed by atoms with Crippen LogP contribution in [0.4, 0.5) is 9.18 Å². The average molecular weight is 502 g/mol. The van der Waals surface area contributed by atoms with Crippen LogP contribution in [0.15, 0.2) is 30.5 Å². The smallest absolute Gasteiger partial charge is 0.410 e. The van der Waals surface area contributed by atoms with Crippen LogP contribution in [0.3, 0.4) is 0 Å². The van der Waals surface area contributed by atoms with Gasteiger partial charge in [-0.25, -0.2) is 14.0 Å². The fourth-order valence-electron chi connectivity index (χ4n) is 5.64. The van der Waals surface area contributed by atoms with E-state index >= 15 is 0 Å². The predicted molar refractivity (Wildman–Crippen MR) is 128 cm³/mol. The van der Waals surface area contributed by atoms with E-state index < -0.39 is 23.9 Å². The van der Waals surface area contributed by atoms with E-state index in [9.17, 15) is 19.1 Å². The van der Waals surface area contributed by atoms with Crippen molar-refractivity contribution in [2.45, 2.75) is 63.1 Å². The quantitative estimate of drug-likeness (QED) is 0.661. The number of benzene rings is 1. The van der Waals surface area contributed by atoms with Gasteiger partial charge in [-0.1, -0.05) is 24.1 Å². The molecular formula is C26H29ClFN3O4. The molecule has 186 valence electrons. The van der Waals surface area contributed by atoms with E-state index in [1.165, 1.54) is 17.2 Å². The first-order valence-corrected chi connectivity index (χ1v) is 12.7. The maximum absolute atomic E-state index is 14.1. The van der Waals surface area contributed by atoms with Gasteiger partial charge in [-0.2, -0.15) is 0 Å². The Labute approximate surface area is 208 Å². The maximum atomic E-state index is 14.1. The summed E-state index contributed by atoms with van der Waals surface area (Å²) < 4.78 is 19.7. The van der Waals surface area contributed by atoms with Gasteiger partial charge in [0.05, 0.1) is 17.9 Å². The van der Waals surface area contributed by atoms with Crippen LogP contribution in [-0.2, 0) is 22.4 Å². The van der Waals surface area contributed by atoms with Crippen molar-refractivity contribution in [1.82, 2.24) is 14.8 Å². The molecule has 2 fully saturated rings. The van der Waals surface area contributed by atoms with Crippen molar-refractivity contribution >= 4 is 23.7 Å². The highest BCUT2D eigenvalue weighted by Crippen LogP contribution is 2.38. The molecule has 1 unspecified atom stereocenters. The van der Waals surface area contributed by atoms with E-state index in [1.807, 2.05) is 23.1 Å². The van der Waals surface area contributed by atoms with Gasteiger partial charge in [0, 0.05) is 24.7 Å². The lowest BCUT2D eigenvalue weighted by Crippen LogP contribution is -2.59. The molecule has 1 aromatic carbocycles. The molecule has 1 saturated carbocycles. The normalized spacial score (nSPS) is 23.2. The fraction of sp³-hybridized carbons (Fsp3) is 0.500. The van der Waals surface area contributed by atoms with Gasteiger partial charge in [-0.05, 0) is 73.4 Å². The Bertz CT molecular complexity index is 1070. The Morgan fingerprint density at radius 3 is 2.63 bits per heavy atom. The molecule has 0 bridgehead atoms. The number of amides is 1. The number of pyridine rings is 1. The Kier molecular flexibility index (Phi) is 6.93. The fourth-order valence-corrected chi connectivity index (χ4v) is 5.84. The van der Waals surface area contributed by atoms with Gasteiger partial charge in [0.15, 0.2) is 0 Å². The van der Waals surface area contributed by atoms with Gasteiger partial charge in [0.2, 0.25) is 0 Å². The molecule has 35 heavy (non-hydrogen) atoms. The number of aliphatic carboxylic acids is 1. The summed E-state index contributed by atoms with van der Waals surface area (Å²) in [7, 11) is 0. The van der Waals surface area contributed by atoms with Crippen molar-refractivity contribution in [3.05, 3.63) is 63.7 Å². The number of hydrogen-bond donors (Lipinski definition) is 1. The average Bonchev–Trinajstić information content (AvgIpc) is 3.00. The molecule has 2 aliphatic carbocycles. The lowest BCUT2D eigenvalue weighted by molar-refractivity contribution is -0.145. The van der Waals surface area contributed by atoms with Gasteiger partial charge < -0.3 is 9.84 Å². The van der Waals surface area contributed by atoms with Crippen molar-refractivity contribution in [3.8, 4) is 0 Å². The van der Waals surface area contributed by atoms with Crippen LogP contribution in [0.1, 0.15) is 60.5 Å². The molecule has 2 atom stereocenters. The number of hydrogen-bond acceptors (Lipinski definition) is 5. The highest BCUT2D eigenvalue weighted by molar-refractivity contribution is 6.30. The second-order valence-electron chi connectivity index (χ2n) is 9.63. The van der Waals surface area contributed by atoms with Crippen LogP contribution in [0.2, 0.25) is 5.02 Å². The minimum Gasteiger partial charge on any atom is -0.480 e. The number of carboxylic acid groups (broad SMARTS) is 1. The third-order valence-electron chi connectivity index (χ3n) is 7.41. The van der Waals surface area contributed by atoms with Crippen LogP contribution in [-0.4, -0.2) is 63.7 Å². The van der Waals surface area contributed by atoms with Crippen LogP contribution in [0.25, 0.3) is 0 Å². The zero-order valence-electron chi connectivity index (χ0n) is 19.5. The van der Waals surface area contributed by atoms with Crippen molar-refractivity contribution in [2.75, 3.05) is 19.6 Å². The summed E-state index contributed by atoms with van der Waals surface area (Å²) in [5, 5.41) is 10.7. The number of aryl methyl sites for hydroxylation is 2. The van der Waals surface area contributed by atoms with E-state index in [0.29, 0.717) is 24.4 Å². The number of halogens is 2. The number of fused-ring (bicyclic) bond motifs is 2. The second kappa shape index (κ2) is 10.1. The second-order valence-corrected chi connectivity index (χ2v) is 10.1. The number of piperazine rings is 1. The molecule has 2 aromatic rings. The summed E-state index contributed by atoms with van der Waals surface area (Å²) in [5.41, 5.74) is 3.53. The number of aromatic nitrogens is 1. The Balaban J connectivity index is 1.44. The maximum Gasteiger partial charge on any atom is 0.410 e. The first-order chi connectivity index (χ1) is 16.9. The summed E-state index contributed by atoms with van der Waals surface area (Å²) in [6.45, 7) is 0.771.